The molecule has 8 heteroatoms. The van der Waals surface area contributed by atoms with Gasteiger partial charge in [0.05, 0.1) is 40.6 Å². The molecule has 6 aliphatic rings. The van der Waals surface area contributed by atoms with Crippen LogP contribution < -0.4 is 0 Å². The lowest BCUT2D eigenvalue weighted by Gasteiger charge is -2.65. The number of aromatic nitrogens is 1. The van der Waals surface area contributed by atoms with E-state index < -0.39 is 33.9 Å². The van der Waals surface area contributed by atoms with Crippen LogP contribution in [0, 0.1) is 28.6 Å². The highest BCUT2D eigenvalue weighted by atomic mass is 28.4. The molecule has 2 fully saturated rings. The quantitative estimate of drug-likeness (QED) is 0.213. The van der Waals surface area contributed by atoms with Crippen LogP contribution in [0.15, 0.2) is 36.4 Å². The Morgan fingerprint density at radius 3 is 2.30 bits per heavy atom. The molecule has 2 saturated carbocycles. The molecule has 1 aromatic heterocycles. The predicted molar refractivity (Wildman–Crippen MR) is 234 cm³/mol. The predicted octanol–water partition coefficient (Wildman–Crippen LogP) is 11.6. The van der Waals surface area contributed by atoms with Crippen LogP contribution in [0.25, 0.3) is 16.5 Å². The number of carbonyl (C=O) groups is 1. The summed E-state index contributed by atoms with van der Waals surface area (Å²) in [6, 6.07) is 2.06. The van der Waals surface area contributed by atoms with Crippen LogP contribution >= 0.6 is 0 Å². The van der Waals surface area contributed by atoms with E-state index in [1.54, 1.807) is 0 Å². The van der Waals surface area contributed by atoms with Crippen molar-refractivity contribution in [2.24, 2.45) is 28.6 Å². The molecule has 3 heterocycles. The number of allylic oxidation sites excluding steroid dienone is 1. The molecular formula is C48H71NO5Si2. The lowest BCUT2D eigenvalue weighted by atomic mass is 9.40. The molecule has 2 aliphatic heterocycles. The molecule has 0 spiro atoms. The third-order valence-electron chi connectivity index (χ3n) is 15.5. The minimum absolute atomic E-state index is 0.00827. The van der Waals surface area contributed by atoms with Gasteiger partial charge in [0.15, 0.2) is 22.4 Å². The van der Waals surface area contributed by atoms with E-state index in [4.69, 9.17) is 13.6 Å². The van der Waals surface area contributed by atoms with Crippen molar-refractivity contribution in [3.05, 3.63) is 64.4 Å². The first-order valence-corrected chi connectivity index (χ1v) is 28.6. The molecule has 306 valence electrons. The SMILES string of the molecule is C=C(C)[C@H]1C(=O)c2c3c(cc4c5c(n1c24)[C@@]1(C)C(CC[C@H]2[C@](C)(/C=C/CC(C)O)[C@@H](O[Si](C)(C)C)CC[C@@]21C)C5)C1=CC(C)(C)OC(C)(C)C1[C@@H]3O[Si](C)(C)C. The number of ether oxygens (including phenoxy) is 1. The van der Waals surface area contributed by atoms with Crippen LogP contribution in [0.5, 0.6) is 0 Å². The summed E-state index contributed by atoms with van der Waals surface area (Å²) in [7, 11) is -3.93. The number of fused-ring (bicyclic) bond motifs is 11. The maximum absolute atomic E-state index is 15.4. The minimum atomic E-state index is -2.07. The number of aliphatic hydroxyl groups excluding tert-OH is 1. The van der Waals surface area contributed by atoms with Crippen molar-refractivity contribution in [1.82, 2.24) is 4.57 Å². The normalized spacial score (nSPS) is 37.3. The zero-order valence-corrected chi connectivity index (χ0v) is 39.3. The molecular weight excluding hydrogens is 727 g/mol. The van der Waals surface area contributed by atoms with Crippen LogP contribution in [-0.4, -0.2) is 55.5 Å². The lowest BCUT2D eigenvalue weighted by molar-refractivity contribution is -0.140. The van der Waals surface area contributed by atoms with Crippen molar-refractivity contribution in [3.8, 4) is 0 Å². The monoisotopic (exact) mass is 797 g/mol. The number of hydrogen-bond acceptors (Lipinski definition) is 5. The van der Waals surface area contributed by atoms with Gasteiger partial charge in [-0.15, -0.1) is 0 Å². The van der Waals surface area contributed by atoms with E-state index in [1.807, 2.05) is 6.92 Å². The summed E-state index contributed by atoms with van der Waals surface area (Å²) in [5.41, 5.74) is 8.01. The van der Waals surface area contributed by atoms with Gasteiger partial charge < -0.3 is 23.3 Å². The topological polar surface area (TPSA) is 69.9 Å². The molecule has 2 aromatic rings. The van der Waals surface area contributed by atoms with Gasteiger partial charge in [0.25, 0.3) is 0 Å². The fourth-order valence-electron chi connectivity index (χ4n) is 13.7. The molecule has 1 N–H and O–H groups in total. The molecule has 0 bridgehead atoms. The zero-order chi connectivity index (χ0) is 41.1. The zero-order valence-electron chi connectivity index (χ0n) is 37.3. The van der Waals surface area contributed by atoms with Crippen LogP contribution in [-0.2, 0) is 25.4 Å². The second-order valence-corrected chi connectivity index (χ2v) is 31.6. The molecule has 0 radical (unpaired) electrons. The van der Waals surface area contributed by atoms with E-state index in [2.05, 4.69) is 130 Å². The molecule has 8 rings (SSSR count). The van der Waals surface area contributed by atoms with Gasteiger partial charge in [0, 0.05) is 33.4 Å². The van der Waals surface area contributed by atoms with Gasteiger partial charge in [0.1, 0.15) is 6.04 Å². The van der Waals surface area contributed by atoms with E-state index in [-0.39, 0.29) is 46.3 Å². The maximum Gasteiger partial charge on any atom is 0.192 e. The summed E-state index contributed by atoms with van der Waals surface area (Å²) in [6.45, 7) is 38.7. The van der Waals surface area contributed by atoms with Gasteiger partial charge in [-0.05, 0) is 165 Å². The first-order chi connectivity index (χ1) is 25.7. The molecule has 4 aliphatic carbocycles. The summed E-state index contributed by atoms with van der Waals surface area (Å²) < 4.78 is 23.7. The average molecular weight is 798 g/mol. The Morgan fingerprint density at radius 1 is 1.04 bits per heavy atom. The van der Waals surface area contributed by atoms with Gasteiger partial charge in [-0.1, -0.05) is 45.1 Å². The number of ketones is 1. The van der Waals surface area contributed by atoms with Gasteiger partial charge in [-0.2, -0.15) is 0 Å². The summed E-state index contributed by atoms with van der Waals surface area (Å²) in [4.78, 5) is 15.4. The van der Waals surface area contributed by atoms with Crippen molar-refractivity contribution in [1.29, 1.82) is 0 Å². The molecule has 3 unspecified atom stereocenters. The Hall–Kier alpha value is -2.08. The number of Topliss-reactive ketones (excluding diaryl/α,β-unsaturated/α-hetero) is 1. The van der Waals surface area contributed by atoms with Crippen molar-refractivity contribution in [2.75, 3.05) is 0 Å². The number of rotatable bonds is 8. The molecule has 56 heavy (non-hydrogen) atoms. The van der Waals surface area contributed by atoms with Crippen LogP contribution in [0.4, 0.5) is 0 Å². The fourth-order valence-corrected chi connectivity index (χ4v) is 15.9. The van der Waals surface area contributed by atoms with Crippen molar-refractivity contribution >= 4 is 38.9 Å². The molecule has 1 aromatic carbocycles. The number of aliphatic hydroxyl groups is 1. The summed E-state index contributed by atoms with van der Waals surface area (Å²) in [5.74, 6) is 1.04. The highest BCUT2D eigenvalue weighted by Crippen LogP contribution is 2.72. The second-order valence-electron chi connectivity index (χ2n) is 22.7. The van der Waals surface area contributed by atoms with Crippen LogP contribution in [0.3, 0.4) is 0 Å². The number of carbonyl (C=O) groups excluding carboxylic acids is 1. The van der Waals surface area contributed by atoms with Crippen LogP contribution in [0.1, 0.15) is 139 Å². The molecule has 6 nitrogen and oxygen atoms in total. The van der Waals surface area contributed by atoms with E-state index >= 15 is 4.79 Å². The highest BCUT2D eigenvalue weighted by Gasteiger charge is 2.68. The first kappa shape index (κ1) is 40.7. The Balaban J connectivity index is 1.38. The third kappa shape index (κ3) is 5.68. The maximum atomic E-state index is 15.4. The van der Waals surface area contributed by atoms with Crippen molar-refractivity contribution in [2.45, 2.75) is 181 Å². The number of benzene rings is 1. The molecule has 10 atom stereocenters. The van der Waals surface area contributed by atoms with Gasteiger partial charge in [-0.25, -0.2) is 0 Å². The summed E-state index contributed by atoms with van der Waals surface area (Å²) in [6.07, 6.45) is 12.6. The van der Waals surface area contributed by atoms with Crippen LogP contribution in [0.2, 0.25) is 39.3 Å². The summed E-state index contributed by atoms with van der Waals surface area (Å²) >= 11 is 0. The van der Waals surface area contributed by atoms with Gasteiger partial charge >= 0.3 is 0 Å². The highest BCUT2D eigenvalue weighted by molar-refractivity contribution is 6.70. The lowest BCUT2D eigenvalue weighted by Crippen LogP contribution is -2.63. The smallest absolute Gasteiger partial charge is 0.192 e. The largest absolute Gasteiger partial charge is 0.414 e. The van der Waals surface area contributed by atoms with E-state index in [0.717, 1.165) is 54.3 Å². The molecule has 0 saturated heterocycles. The first-order valence-electron chi connectivity index (χ1n) is 21.8. The van der Waals surface area contributed by atoms with Gasteiger partial charge in [0.2, 0.25) is 0 Å². The van der Waals surface area contributed by atoms with E-state index in [1.165, 1.54) is 27.8 Å². The summed E-state index contributed by atoms with van der Waals surface area (Å²) in [5, 5.41) is 11.6. The van der Waals surface area contributed by atoms with Crippen molar-refractivity contribution < 1.29 is 23.5 Å². The molecule has 0 amide bonds. The van der Waals surface area contributed by atoms with E-state index in [9.17, 15) is 5.11 Å². The standard InChI is InChI=1S/C48H71NO5Si2/c1-27(2)39-41(51)37-36-30(33-26-44(4,5)54-45(6,7)38(33)42(36)53-56(14,15)16)25-31-32-24-29-19-20-34-46(8,22-17-18-28(3)50)35(52-55(11,12)13)21-23-47(34,9)48(29,10)43(32)49(39)40(31)37/h17,22,25-26,28-29,34-35,38-39,42,50H,1,18-21,23-24H2,2-16H3/b22-17+/t28?,29?,34-,35-,38?,39-,42+,46-,47-,48+/m0/s1. The Labute approximate surface area is 339 Å². The average Bonchev–Trinajstić information content (AvgIpc) is 3.70. The third-order valence-corrected chi connectivity index (χ3v) is 17.4. The van der Waals surface area contributed by atoms with Crippen molar-refractivity contribution in [3.63, 3.8) is 0 Å². The number of nitrogens with zero attached hydrogens (tertiary/aromatic N) is 1. The minimum Gasteiger partial charge on any atom is -0.414 e. The Kier molecular flexibility index (Phi) is 9.07. The Morgan fingerprint density at radius 2 is 1.70 bits per heavy atom. The van der Waals surface area contributed by atoms with E-state index in [0.29, 0.717) is 18.3 Å². The fraction of sp³-hybridized carbons (Fsp3) is 0.688. The second kappa shape index (κ2) is 12.5. The Bertz CT molecular complexity index is 2090. The number of hydrogen-bond donors (Lipinski definition) is 1. The van der Waals surface area contributed by atoms with Gasteiger partial charge in [-0.3, -0.25) is 4.79 Å².